The molecule has 1 aliphatic rings. The van der Waals surface area contributed by atoms with Crippen molar-refractivity contribution < 1.29 is 0 Å². The summed E-state index contributed by atoms with van der Waals surface area (Å²) in [5.41, 5.74) is 9.22. The molecular weight excluding hydrogens is 316 g/mol. The van der Waals surface area contributed by atoms with Gasteiger partial charge in [0.2, 0.25) is 0 Å². The first-order chi connectivity index (χ1) is 9.65. The number of rotatable bonds is 2. The first kappa shape index (κ1) is 13.1. The molecule has 102 valence electrons. The average Bonchev–Trinajstić information content (AvgIpc) is 2.81. The Morgan fingerprint density at radius 1 is 1.30 bits per heavy atom. The van der Waals surface area contributed by atoms with Gasteiger partial charge in [0.15, 0.2) is 5.96 Å². The fraction of sp³-hybridized carbons (Fsp3) is 0.200. The van der Waals surface area contributed by atoms with Crippen LogP contribution >= 0.6 is 15.9 Å². The van der Waals surface area contributed by atoms with Crippen LogP contribution in [0.1, 0.15) is 17.3 Å². The van der Waals surface area contributed by atoms with E-state index in [0.717, 1.165) is 21.4 Å². The summed E-state index contributed by atoms with van der Waals surface area (Å²) in [5.74, 6) is 0.550. The van der Waals surface area contributed by atoms with Gasteiger partial charge < -0.3 is 10.6 Å². The van der Waals surface area contributed by atoms with Crippen molar-refractivity contribution in [2.45, 2.75) is 13.0 Å². The smallest absolute Gasteiger partial charge is 0.196 e. The Kier molecular flexibility index (Phi) is 3.44. The van der Waals surface area contributed by atoms with Crippen LogP contribution in [0.3, 0.4) is 0 Å². The fourth-order valence-electron chi connectivity index (χ4n) is 2.37. The molecule has 2 heterocycles. The molecule has 0 spiro atoms. The molecule has 1 aromatic carbocycles. The van der Waals surface area contributed by atoms with Crippen LogP contribution in [0.5, 0.6) is 0 Å². The molecule has 0 saturated heterocycles. The van der Waals surface area contributed by atoms with Crippen LogP contribution < -0.4 is 10.6 Å². The van der Waals surface area contributed by atoms with E-state index < -0.39 is 0 Å². The van der Waals surface area contributed by atoms with E-state index in [1.54, 1.807) is 0 Å². The second-order valence-corrected chi connectivity index (χ2v) is 5.71. The molecule has 0 amide bonds. The van der Waals surface area contributed by atoms with Gasteiger partial charge in [-0.25, -0.2) is 0 Å². The summed E-state index contributed by atoms with van der Waals surface area (Å²) in [6, 6.07) is 12.3. The number of benzene rings is 1. The predicted octanol–water partition coefficient (Wildman–Crippen LogP) is 3.03. The number of halogens is 1. The normalized spacial score (nSPS) is 18.2. The zero-order chi connectivity index (χ0) is 14.1. The van der Waals surface area contributed by atoms with Crippen LogP contribution in [0, 0.1) is 6.92 Å². The highest BCUT2D eigenvalue weighted by Crippen LogP contribution is 2.32. The number of hydrogen-bond acceptors (Lipinski definition) is 4. The number of guanidine groups is 1. The fourth-order valence-corrected chi connectivity index (χ4v) is 2.75. The Labute approximate surface area is 126 Å². The maximum Gasteiger partial charge on any atom is 0.196 e. The molecule has 3 rings (SSSR count). The molecule has 0 radical (unpaired) electrons. The predicted molar refractivity (Wildman–Crippen MR) is 84.8 cm³/mol. The summed E-state index contributed by atoms with van der Waals surface area (Å²) >= 11 is 3.50. The van der Waals surface area contributed by atoms with Gasteiger partial charge in [-0.3, -0.25) is 9.98 Å². The molecule has 20 heavy (non-hydrogen) atoms. The lowest BCUT2D eigenvalue weighted by Crippen LogP contribution is -2.36. The number of aromatic nitrogens is 1. The summed E-state index contributed by atoms with van der Waals surface area (Å²) in [4.78, 5) is 10.8. The van der Waals surface area contributed by atoms with E-state index in [1.165, 1.54) is 0 Å². The van der Waals surface area contributed by atoms with Crippen LogP contribution in [0.2, 0.25) is 0 Å². The molecule has 0 bridgehead atoms. The Morgan fingerprint density at radius 2 is 2.15 bits per heavy atom. The molecule has 4 nitrogen and oxygen atoms in total. The number of aryl methyl sites for hydroxylation is 1. The Hall–Kier alpha value is -1.88. The molecule has 0 aliphatic carbocycles. The largest absolute Gasteiger partial charge is 0.369 e. The van der Waals surface area contributed by atoms with Crippen molar-refractivity contribution >= 4 is 27.6 Å². The maximum absolute atomic E-state index is 6.06. The summed E-state index contributed by atoms with van der Waals surface area (Å²) in [7, 11) is 0. The van der Waals surface area contributed by atoms with Gasteiger partial charge in [0, 0.05) is 22.1 Å². The summed E-state index contributed by atoms with van der Waals surface area (Å²) in [6.07, 6.45) is 1.90. The second kappa shape index (κ2) is 5.25. The van der Waals surface area contributed by atoms with Gasteiger partial charge in [-0.2, -0.15) is 0 Å². The third kappa shape index (κ3) is 2.41. The van der Waals surface area contributed by atoms with Crippen molar-refractivity contribution in [3.05, 3.63) is 58.3 Å². The van der Waals surface area contributed by atoms with E-state index in [4.69, 9.17) is 5.73 Å². The van der Waals surface area contributed by atoms with Crippen LogP contribution in [-0.4, -0.2) is 17.5 Å². The lowest BCUT2D eigenvalue weighted by Gasteiger charge is -2.26. The molecule has 1 aliphatic heterocycles. The van der Waals surface area contributed by atoms with Gasteiger partial charge in [-0.05, 0) is 36.8 Å². The van der Waals surface area contributed by atoms with Gasteiger partial charge in [0.1, 0.15) is 0 Å². The highest BCUT2D eigenvalue weighted by atomic mass is 79.9. The highest BCUT2D eigenvalue weighted by Gasteiger charge is 2.29. The topological polar surface area (TPSA) is 54.5 Å². The van der Waals surface area contributed by atoms with Gasteiger partial charge in [-0.1, -0.05) is 28.1 Å². The van der Waals surface area contributed by atoms with Crippen molar-refractivity contribution in [1.82, 2.24) is 4.98 Å². The highest BCUT2D eigenvalue weighted by molar-refractivity contribution is 9.10. The van der Waals surface area contributed by atoms with Crippen LogP contribution in [-0.2, 0) is 0 Å². The number of nitrogens with zero attached hydrogens (tertiary/aromatic N) is 3. The SMILES string of the molecule is Cc1ccc(C2CN=C(N)N2c2cccc(Br)c2)cn1. The van der Waals surface area contributed by atoms with E-state index in [9.17, 15) is 0 Å². The number of pyridine rings is 1. The summed E-state index contributed by atoms with van der Waals surface area (Å²) in [5, 5.41) is 0. The first-order valence-electron chi connectivity index (χ1n) is 6.42. The second-order valence-electron chi connectivity index (χ2n) is 4.80. The quantitative estimate of drug-likeness (QED) is 0.920. The van der Waals surface area contributed by atoms with E-state index in [1.807, 2.05) is 43.5 Å². The van der Waals surface area contributed by atoms with Crippen LogP contribution in [0.25, 0.3) is 0 Å². The summed E-state index contributed by atoms with van der Waals surface area (Å²) < 4.78 is 1.02. The zero-order valence-corrected chi connectivity index (χ0v) is 12.7. The zero-order valence-electron chi connectivity index (χ0n) is 11.1. The van der Waals surface area contributed by atoms with E-state index >= 15 is 0 Å². The van der Waals surface area contributed by atoms with Gasteiger partial charge in [0.05, 0.1) is 12.6 Å². The van der Waals surface area contributed by atoms with E-state index in [0.29, 0.717) is 12.5 Å². The lowest BCUT2D eigenvalue weighted by molar-refractivity contribution is 0.762. The monoisotopic (exact) mass is 330 g/mol. The van der Waals surface area contributed by atoms with Gasteiger partial charge in [0.25, 0.3) is 0 Å². The van der Waals surface area contributed by atoms with E-state index in [-0.39, 0.29) is 6.04 Å². The first-order valence-corrected chi connectivity index (χ1v) is 7.22. The molecule has 2 N–H and O–H groups in total. The molecular formula is C15H15BrN4. The van der Waals surface area contributed by atoms with Crippen LogP contribution in [0.4, 0.5) is 5.69 Å². The minimum atomic E-state index is 0.109. The number of hydrogen-bond donors (Lipinski definition) is 1. The number of nitrogens with two attached hydrogens (primary N) is 1. The Morgan fingerprint density at radius 3 is 2.85 bits per heavy atom. The third-order valence-corrected chi connectivity index (χ3v) is 3.88. The molecule has 1 atom stereocenters. The minimum Gasteiger partial charge on any atom is -0.369 e. The summed E-state index contributed by atoms with van der Waals surface area (Å²) in [6.45, 7) is 2.64. The van der Waals surface area contributed by atoms with Crippen LogP contribution in [0.15, 0.2) is 52.1 Å². The van der Waals surface area contributed by atoms with Crippen molar-refractivity contribution in [1.29, 1.82) is 0 Å². The number of anilines is 1. The molecule has 1 aromatic heterocycles. The third-order valence-electron chi connectivity index (χ3n) is 3.39. The standard InChI is InChI=1S/C15H15BrN4/c1-10-5-6-11(8-18-10)14-9-19-15(17)20(14)13-4-2-3-12(16)7-13/h2-8,14H,9H2,1H3,(H2,17,19). The van der Waals surface area contributed by atoms with Gasteiger partial charge in [-0.15, -0.1) is 0 Å². The minimum absolute atomic E-state index is 0.109. The molecule has 2 aromatic rings. The van der Waals surface area contributed by atoms with Gasteiger partial charge >= 0.3 is 0 Å². The molecule has 0 saturated carbocycles. The van der Waals surface area contributed by atoms with Crippen molar-refractivity contribution in [3.8, 4) is 0 Å². The number of aliphatic imine (C=N–C) groups is 1. The molecule has 5 heteroatoms. The molecule has 0 fully saturated rings. The molecule has 1 unspecified atom stereocenters. The average molecular weight is 331 g/mol. The Balaban J connectivity index is 1.98. The van der Waals surface area contributed by atoms with Crippen molar-refractivity contribution in [3.63, 3.8) is 0 Å². The maximum atomic E-state index is 6.06. The Bertz CT molecular complexity index is 651. The van der Waals surface area contributed by atoms with Crippen molar-refractivity contribution in [2.24, 2.45) is 10.7 Å². The van der Waals surface area contributed by atoms with Crippen molar-refractivity contribution in [2.75, 3.05) is 11.4 Å². The van der Waals surface area contributed by atoms with E-state index in [2.05, 4.69) is 36.9 Å². The lowest BCUT2D eigenvalue weighted by atomic mass is 10.1.